The van der Waals surface area contributed by atoms with E-state index in [4.69, 9.17) is 11.6 Å². The van der Waals surface area contributed by atoms with Crippen LogP contribution in [0.5, 0.6) is 0 Å². The van der Waals surface area contributed by atoms with Gasteiger partial charge in [-0.3, -0.25) is 14.5 Å². The first-order valence-corrected chi connectivity index (χ1v) is 8.38. The maximum absolute atomic E-state index is 13.2. The minimum Gasteiger partial charge on any atom is -0.349 e. The first kappa shape index (κ1) is 18.7. The van der Waals surface area contributed by atoms with Crippen LogP contribution in [0.4, 0.5) is 10.1 Å². The molecular weight excluding hydrogens is 333 g/mol. The molecule has 2 rings (SSSR count). The molecule has 1 aliphatic heterocycles. The number of benzene rings is 1. The Morgan fingerprint density at radius 3 is 2.50 bits per heavy atom. The molecule has 0 bridgehead atoms. The number of likely N-dealkylation sites (tertiary alicyclic amines) is 1. The number of hydrogen-bond acceptors (Lipinski definition) is 3. The Labute approximate surface area is 146 Å². The van der Waals surface area contributed by atoms with Gasteiger partial charge in [-0.15, -0.1) is 0 Å². The van der Waals surface area contributed by atoms with Crippen LogP contribution in [0.3, 0.4) is 0 Å². The van der Waals surface area contributed by atoms with Crippen LogP contribution >= 0.6 is 11.6 Å². The zero-order valence-electron chi connectivity index (χ0n) is 14.2. The number of carbonyl (C=O) groups excluding carboxylic acids is 2. The fraction of sp³-hybridized carbons (Fsp3) is 0.529. The maximum atomic E-state index is 13.2. The van der Waals surface area contributed by atoms with Crippen LogP contribution in [-0.4, -0.2) is 54.8 Å². The highest BCUT2D eigenvalue weighted by Crippen LogP contribution is 2.22. The van der Waals surface area contributed by atoms with Gasteiger partial charge >= 0.3 is 0 Å². The van der Waals surface area contributed by atoms with Crippen LogP contribution in [-0.2, 0) is 9.59 Å². The molecule has 0 radical (unpaired) electrons. The van der Waals surface area contributed by atoms with E-state index in [9.17, 15) is 14.0 Å². The van der Waals surface area contributed by atoms with E-state index in [2.05, 4.69) is 10.2 Å². The van der Waals surface area contributed by atoms with Crippen molar-refractivity contribution in [3.63, 3.8) is 0 Å². The monoisotopic (exact) mass is 355 g/mol. The number of anilines is 1. The molecule has 5 nitrogen and oxygen atoms in total. The molecule has 1 N–H and O–H groups in total. The number of amides is 2. The molecule has 132 valence electrons. The first-order chi connectivity index (χ1) is 11.3. The summed E-state index contributed by atoms with van der Waals surface area (Å²) in [5.41, 5.74) is 0.468. The summed E-state index contributed by atoms with van der Waals surface area (Å²) in [4.78, 5) is 28.0. The summed E-state index contributed by atoms with van der Waals surface area (Å²) in [6.07, 6.45) is 1.49. The lowest BCUT2D eigenvalue weighted by atomic mass is 9.94. The van der Waals surface area contributed by atoms with E-state index >= 15 is 0 Å². The Hall–Kier alpha value is -1.66. The Balaban J connectivity index is 1.90. The number of nitrogens with one attached hydrogen (secondary N) is 1. The zero-order chi connectivity index (χ0) is 17.9. The summed E-state index contributed by atoms with van der Waals surface area (Å²) in [6.45, 7) is 3.22. The van der Waals surface area contributed by atoms with E-state index in [0.29, 0.717) is 18.8 Å². The van der Waals surface area contributed by atoms with Gasteiger partial charge in [-0.25, -0.2) is 4.39 Å². The highest BCUT2D eigenvalue weighted by molar-refractivity contribution is 6.31. The van der Waals surface area contributed by atoms with Crippen molar-refractivity contribution < 1.29 is 14.0 Å². The molecule has 24 heavy (non-hydrogen) atoms. The molecule has 1 aliphatic rings. The lowest BCUT2D eigenvalue weighted by Crippen LogP contribution is -2.48. The fourth-order valence-corrected chi connectivity index (χ4v) is 3.07. The molecule has 0 saturated carbocycles. The van der Waals surface area contributed by atoms with Crippen molar-refractivity contribution >= 4 is 29.1 Å². The van der Waals surface area contributed by atoms with Crippen LogP contribution in [0, 0.1) is 11.7 Å². The predicted molar refractivity (Wildman–Crippen MR) is 92.5 cm³/mol. The van der Waals surface area contributed by atoms with Crippen molar-refractivity contribution in [1.29, 1.82) is 0 Å². The smallest absolute Gasteiger partial charge is 0.241 e. The summed E-state index contributed by atoms with van der Waals surface area (Å²) >= 11 is 5.72. The molecule has 0 aliphatic carbocycles. The van der Waals surface area contributed by atoms with E-state index in [1.54, 1.807) is 19.0 Å². The van der Waals surface area contributed by atoms with E-state index in [0.717, 1.165) is 12.8 Å². The molecule has 0 unspecified atom stereocenters. The highest BCUT2D eigenvalue weighted by Gasteiger charge is 2.30. The standard InChI is InChI=1S/C17H23ClFN3O2/c1-11(16(23)20-13-4-5-15(19)14(18)10-13)22-8-6-12(7-9-22)17(24)21(2)3/h4-5,10-12H,6-9H2,1-3H3,(H,20,23)/t11-/m1/s1. The predicted octanol–water partition coefficient (Wildman–Crippen LogP) is 2.61. The number of carbonyl (C=O) groups is 2. The average molecular weight is 356 g/mol. The van der Waals surface area contributed by atoms with Gasteiger partial charge in [-0.05, 0) is 51.1 Å². The number of halogens is 2. The van der Waals surface area contributed by atoms with Crippen molar-refractivity contribution in [2.75, 3.05) is 32.5 Å². The largest absolute Gasteiger partial charge is 0.349 e. The minimum atomic E-state index is -0.518. The van der Waals surface area contributed by atoms with Gasteiger partial charge in [0.05, 0.1) is 11.1 Å². The quantitative estimate of drug-likeness (QED) is 0.903. The molecule has 7 heteroatoms. The number of piperidine rings is 1. The number of nitrogens with zero attached hydrogens (tertiary/aromatic N) is 2. The van der Waals surface area contributed by atoms with Crippen LogP contribution in [0.2, 0.25) is 5.02 Å². The van der Waals surface area contributed by atoms with Crippen molar-refractivity contribution in [3.8, 4) is 0 Å². The van der Waals surface area contributed by atoms with Gasteiger partial charge in [0.25, 0.3) is 0 Å². The van der Waals surface area contributed by atoms with Gasteiger partial charge in [0.1, 0.15) is 5.82 Å². The zero-order valence-corrected chi connectivity index (χ0v) is 14.9. The Morgan fingerprint density at radius 2 is 1.96 bits per heavy atom. The van der Waals surface area contributed by atoms with Crippen LogP contribution in [0.1, 0.15) is 19.8 Å². The van der Waals surface area contributed by atoms with Gasteiger partial charge in [-0.1, -0.05) is 11.6 Å². The van der Waals surface area contributed by atoms with E-state index in [-0.39, 0.29) is 28.8 Å². The second-order valence-electron chi connectivity index (χ2n) is 6.34. The summed E-state index contributed by atoms with van der Waals surface area (Å²) in [5, 5.41) is 2.73. The molecule has 1 aromatic carbocycles. The van der Waals surface area contributed by atoms with Crippen LogP contribution < -0.4 is 5.32 Å². The summed E-state index contributed by atoms with van der Waals surface area (Å²) in [7, 11) is 3.53. The molecule has 1 fully saturated rings. The summed E-state index contributed by atoms with van der Waals surface area (Å²) in [5.74, 6) is -0.513. The molecular formula is C17H23ClFN3O2. The first-order valence-electron chi connectivity index (χ1n) is 8.00. The summed E-state index contributed by atoms with van der Waals surface area (Å²) < 4.78 is 13.2. The third-order valence-corrected chi connectivity index (χ3v) is 4.72. The molecule has 1 aromatic rings. The van der Waals surface area contributed by atoms with Crippen molar-refractivity contribution in [2.45, 2.75) is 25.8 Å². The second-order valence-corrected chi connectivity index (χ2v) is 6.74. The fourth-order valence-electron chi connectivity index (χ4n) is 2.89. The lowest BCUT2D eigenvalue weighted by molar-refractivity contribution is -0.134. The molecule has 1 saturated heterocycles. The van der Waals surface area contributed by atoms with Crippen LogP contribution in [0.15, 0.2) is 18.2 Å². The van der Waals surface area contributed by atoms with Gasteiger partial charge in [0.2, 0.25) is 11.8 Å². The lowest BCUT2D eigenvalue weighted by Gasteiger charge is -2.35. The summed E-state index contributed by atoms with van der Waals surface area (Å²) in [6, 6.07) is 3.77. The third-order valence-electron chi connectivity index (χ3n) is 4.43. The van der Waals surface area contributed by atoms with E-state index < -0.39 is 5.82 Å². The van der Waals surface area contributed by atoms with E-state index in [1.807, 2.05) is 6.92 Å². The molecule has 2 amide bonds. The van der Waals surface area contributed by atoms with Crippen molar-refractivity contribution in [3.05, 3.63) is 29.0 Å². The van der Waals surface area contributed by atoms with Gasteiger partial charge in [-0.2, -0.15) is 0 Å². The number of rotatable bonds is 4. The van der Waals surface area contributed by atoms with Gasteiger partial charge in [0.15, 0.2) is 0 Å². The molecule has 0 spiro atoms. The molecule has 0 aromatic heterocycles. The Kier molecular flexibility index (Phi) is 6.18. The van der Waals surface area contributed by atoms with Crippen molar-refractivity contribution in [2.24, 2.45) is 5.92 Å². The van der Waals surface area contributed by atoms with Gasteiger partial charge < -0.3 is 10.2 Å². The Morgan fingerprint density at radius 1 is 1.33 bits per heavy atom. The van der Waals surface area contributed by atoms with E-state index in [1.165, 1.54) is 18.2 Å². The second kappa shape index (κ2) is 7.94. The minimum absolute atomic E-state index is 0.0246. The normalized spacial score (nSPS) is 17.4. The number of hydrogen-bond donors (Lipinski definition) is 1. The molecule has 1 heterocycles. The SMILES string of the molecule is C[C@H](C(=O)Nc1ccc(F)c(Cl)c1)N1CCC(C(=O)N(C)C)CC1. The van der Waals surface area contributed by atoms with Crippen LogP contribution in [0.25, 0.3) is 0 Å². The van der Waals surface area contributed by atoms with Gasteiger partial charge in [0, 0.05) is 25.7 Å². The third kappa shape index (κ3) is 4.45. The highest BCUT2D eigenvalue weighted by atomic mass is 35.5. The van der Waals surface area contributed by atoms with Crippen molar-refractivity contribution in [1.82, 2.24) is 9.80 Å². The average Bonchev–Trinajstić information content (AvgIpc) is 2.56. The Bertz CT molecular complexity index is 616. The molecule has 1 atom stereocenters. The maximum Gasteiger partial charge on any atom is 0.241 e. The topological polar surface area (TPSA) is 52.7 Å².